The Morgan fingerprint density at radius 3 is 2.38 bits per heavy atom. The molecule has 7 nitrogen and oxygen atoms in total. The Morgan fingerprint density at radius 1 is 1.24 bits per heavy atom. The fraction of sp³-hybridized carbons (Fsp3) is 0.286. The lowest BCUT2D eigenvalue weighted by Crippen LogP contribution is -2.43. The van der Waals surface area contributed by atoms with Gasteiger partial charge >= 0.3 is 5.97 Å². The third-order valence-corrected chi connectivity index (χ3v) is 3.43. The Bertz CT molecular complexity index is 701. The zero-order chi connectivity index (χ0) is 15.0. The third kappa shape index (κ3) is 2.49. The van der Waals surface area contributed by atoms with Gasteiger partial charge in [-0.2, -0.15) is 0 Å². The largest absolute Gasteiger partial charge is 0.480 e. The van der Waals surface area contributed by atoms with Gasteiger partial charge in [0.25, 0.3) is 5.91 Å². The minimum Gasteiger partial charge on any atom is -0.480 e. The molecule has 108 valence electrons. The zero-order valence-corrected chi connectivity index (χ0v) is 11.3. The SMILES string of the molecule is Cc1nnc(-c2ccc(C(=O)NC3(C(=O)O)CC3)cc2)o1. The molecule has 0 radical (unpaired) electrons. The first-order valence-corrected chi connectivity index (χ1v) is 6.47. The summed E-state index contributed by atoms with van der Waals surface area (Å²) in [6, 6.07) is 6.56. The number of hydrogen-bond donors (Lipinski definition) is 2. The van der Waals surface area contributed by atoms with Crippen molar-refractivity contribution in [2.45, 2.75) is 25.3 Å². The summed E-state index contributed by atoms with van der Waals surface area (Å²) in [5.41, 5.74) is 0.00772. The molecular weight excluding hydrogens is 274 g/mol. The normalized spacial score (nSPS) is 15.5. The maximum Gasteiger partial charge on any atom is 0.329 e. The lowest BCUT2D eigenvalue weighted by molar-refractivity contribution is -0.140. The highest BCUT2D eigenvalue weighted by molar-refractivity contribution is 5.99. The third-order valence-electron chi connectivity index (χ3n) is 3.43. The van der Waals surface area contributed by atoms with Crippen LogP contribution in [0.4, 0.5) is 0 Å². The molecule has 0 unspecified atom stereocenters. The summed E-state index contributed by atoms with van der Waals surface area (Å²) in [5.74, 6) is -0.551. The Morgan fingerprint density at radius 2 is 1.90 bits per heavy atom. The summed E-state index contributed by atoms with van der Waals surface area (Å²) >= 11 is 0. The van der Waals surface area contributed by atoms with Gasteiger partial charge in [0.15, 0.2) is 0 Å². The van der Waals surface area contributed by atoms with Gasteiger partial charge in [0.2, 0.25) is 11.8 Å². The predicted molar refractivity (Wildman–Crippen MR) is 71.5 cm³/mol. The molecule has 1 aromatic carbocycles. The van der Waals surface area contributed by atoms with Gasteiger partial charge < -0.3 is 14.8 Å². The first kappa shape index (κ1) is 13.3. The molecule has 1 amide bonds. The number of aromatic nitrogens is 2. The highest BCUT2D eigenvalue weighted by Crippen LogP contribution is 2.35. The van der Waals surface area contributed by atoms with Gasteiger partial charge in [-0.05, 0) is 37.1 Å². The van der Waals surface area contributed by atoms with Gasteiger partial charge in [-0.25, -0.2) is 4.79 Å². The molecule has 0 atom stereocenters. The van der Waals surface area contributed by atoms with Gasteiger partial charge in [-0.3, -0.25) is 4.79 Å². The van der Waals surface area contributed by atoms with Gasteiger partial charge in [0, 0.05) is 18.1 Å². The average Bonchev–Trinajstić information content (AvgIpc) is 3.13. The van der Waals surface area contributed by atoms with Gasteiger partial charge in [0.05, 0.1) is 0 Å². The maximum atomic E-state index is 12.0. The maximum absolute atomic E-state index is 12.0. The number of carbonyl (C=O) groups is 2. The average molecular weight is 287 g/mol. The van der Waals surface area contributed by atoms with E-state index < -0.39 is 17.4 Å². The predicted octanol–water partition coefficient (Wildman–Crippen LogP) is 1.39. The van der Waals surface area contributed by atoms with Crippen molar-refractivity contribution < 1.29 is 19.1 Å². The second-order valence-corrected chi connectivity index (χ2v) is 5.04. The van der Waals surface area contributed by atoms with Crippen molar-refractivity contribution in [3.05, 3.63) is 35.7 Å². The van der Waals surface area contributed by atoms with Crippen molar-refractivity contribution in [3.63, 3.8) is 0 Å². The van der Waals surface area contributed by atoms with Crippen LogP contribution in [0.2, 0.25) is 0 Å². The molecule has 1 fully saturated rings. The number of carbonyl (C=O) groups excluding carboxylic acids is 1. The van der Waals surface area contributed by atoms with Crippen LogP contribution >= 0.6 is 0 Å². The molecule has 1 aromatic heterocycles. The van der Waals surface area contributed by atoms with Crippen molar-refractivity contribution in [2.75, 3.05) is 0 Å². The van der Waals surface area contributed by atoms with Crippen molar-refractivity contribution in [3.8, 4) is 11.5 Å². The molecule has 2 N–H and O–H groups in total. The van der Waals surface area contributed by atoms with Crippen LogP contribution in [0.1, 0.15) is 29.1 Å². The molecule has 1 heterocycles. The summed E-state index contributed by atoms with van der Waals surface area (Å²) < 4.78 is 5.29. The summed E-state index contributed by atoms with van der Waals surface area (Å²) in [6.45, 7) is 1.69. The molecule has 1 saturated carbocycles. The molecule has 1 aliphatic carbocycles. The molecule has 1 aliphatic rings. The Kier molecular flexibility index (Phi) is 2.97. The number of rotatable bonds is 4. The number of nitrogens with zero attached hydrogens (tertiary/aromatic N) is 2. The van der Waals surface area contributed by atoms with Gasteiger partial charge in [-0.15, -0.1) is 10.2 Å². The van der Waals surface area contributed by atoms with Crippen LogP contribution in [-0.4, -0.2) is 32.7 Å². The number of aliphatic carboxylic acids is 1. The van der Waals surface area contributed by atoms with Gasteiger partial charge in [0.1, 0.15) is 5.54 Å². The molecular formula is C14H13N3O4. The van der Waals surface area contributed by atoms with Crippen LogP contribution in [0.25, 0.3) is 11.5 Å². The summed E-state index contributed by atoms with van der Waals surface area (Å²) in [5, 5.41) is 19.2. The van der Waals surface area contributed by atoms with Crippen LogP contribution in [0.15, 0.2) is 28.7 Å². The zero-order valence-electron chi connectivity index (χ0n) is 11.3. The van der Waals surface area contributed by atoms with E-state index in [1.807, 2.05) is 0 Å². The second-order valence-electron chi connectivity index (χ2n) is 5.04. The highest BCUT2D eigenvalue weighted by atomic mass is 16.4. The molecule has 7 heteroatoms. The van der Waals surface area contributed by atoms with Crippen molar-refractivity contribution in [1.29, 1.82) is 0 Å². The molecule has 0 bridgehead atoms. The first-order valence-electron chi connectivity index (χ1n) is 6.47. The number of carboxylic acid groups (broad SMARTS) is 1. The fourth-order valence-corrected chi connectivity index (χ4v) is 1.98. The minimum atomic E-state index is -1.08. The standard InChI is InChI=1S/C14H13N3O4/c1-8-16-17-12(21-8)10-4-2-9(3-5-10)11(18)15-14(6-7-14)13(19)20/h2-5H,6-7H2,1H3,(H,15,18)(H,19,20). The number of carboxylic acids is 1. The summed E-state index contributed by atoms with van der Waals surface area (Å²) in [7, 11) is 0. The highest BCUT2D eigenvalue weighted by Gasteiger charge is 2.51. The number of nitrogens with one attached hydrogen (secondary N) is 1. The topological polar surface area (TPSA) is 105 Å². The van der Waals surface area contributed by atoms with Crippen LogP contribution in [0, 0.1) is 6.92 Å². The number of hydrogen-bond acceptors (Lipinski definition) is 5. The Balaban J connectivity index is 1.75. The number of aryl methyl sites for hydroxylation is 1. The minimum absolute atomic E-state index is 0.378. The molecule has 0 aliphatic heterocycles. The molecule has 21 heavy (non-hydrogen) atoms. The summed E-state index contributed by atoms with van der Waals surface area (Å²) in [6.07, 6.45) is 0.931. The van der Waals surface area contributed by atoms with E-state index >= 15 is 0 Å². The Labute approximate surface area is 120 Å². The summed E-state index contributed by atoms with van der Waals surface area (Å²) in [4.78, 5) is 23.1. The monoisotopic (exact) mass is 287 g/mol. The molecule has 0 saturated heterocycles. The van der Waals surface area contributed by atoms with Crippen LogP contribution < -0.4 is 5.32 Å². The lowest BCUT2D eigenvalue weighted by Gasteiger charge is -2.12. The van der Waals surface area contributed by atoms with E-state index in [4.69, 9.17) is 9.52 Å². The number of amides is 1. The van der Waals surface area contributed by atoms with E-state index in [0.717, 1.165) is 0 Å². The van der Waals surface area contributed by atoms with Crippen molar-refractivity contribution >= 4 is 11.9 Å². The molecule has 3 rings (SSSR count). The van der Waals surface area contributed by atoms with E-state index in [0.29, 0.717) is 35.7 Å². The van der Waals surface area contributed by atoms with Crippen LogP contribution in [-0.2, 0) is 4.79 Å². The van der Waals surface area contributed by atoms with E-state index in [2.05, 4.69) is 15.5 Å². The second kappa shape index (κ2) is 4.69. The Hall–Kier alpha value is -2.70. The smallest absolute Gasteiger partial charge is 0.329 e. The number of benzene rings is 1. The van der Waals surface area contributed by atoms with Gasteiger partial charge in [-0.1, -0.05) is 0 Å². The quantitative estimate of drug-likeness (QED) is 0.880. The fourth-order valence-electron chi connectivity index (χ4n) is 1.98. The van der Waals surface area contributed by atoms with E-state index in [9.17, 15) is 9.59 Å². The van der Waals surface area contributed by atoms with Crippen molar-refractivity contribution in [1.82, 2.24) is 15.5 Å². The first-order chi connectivity index (χ1) is 10.00. The lowest BCUT2D eigenvalue weighted by atomic mass is 10.1. The van der Waals surface area contributed by atoms with E-state index in [-0.39, 0.29) is 0 Å². The van der Waals surface area contributed by atoms with E-state index in [1.54, 1.807) is 31.2 Å². The van der Waals surface area contributed by atoms with Crippen LogP contribution in [0.3, 0.4) is 0 Å². The van der Waals surface area contributed by atoms with E-state index in [1.165, 1.54) is 0 Å². The van der Waals surface area contributed by atoms with Crippen LogP contribution in [0.5, 0.6) is 0 Å². The van der Waals surface area contributed by atoms with Crippen molar-refractivity contribution in [2.24, 2.45) is 0 Å². The molecule has 0 spiro atoms. The molecule has 2 aromatic rings.